The Labute approximate surface area is 107 Å². The van der Waals surface area contributed by atoms with Crippen LogP contribution in [0.2, 0.25) is 0 Å². The molecule has 0 aromatic heterocycles. The summed E-state index contributed by atoms with van der Waals surface area (Å²) in [5.41, 5.74) is -0.821. The third-order valence-corrected chi connectivity index (χ3v) is 3.26. The highest BCUT2D eigenvalue weighted by Gasteiger charge is 2.58. The van der Waals surface area contributed by atoms with Crippen LogP contribution < -0.4 is 0 Å². The Hall–Kier alpha value is -1.61. The number of carbonyl (C=O) groups excluding carboxylic acids is 1. The summed E-state index contributed by atoms with van der Waals surface area (Å²) >= 11 is 0. The van der Waals surface area contributed by atoms with Crippen LogP contribution in [0.3, 0.4) is 0 Å². The van der Waals surface area contributed by atoms with Gasteiger partial charge in [0.05, 0.1) is 7.11 Å². The second-order valence-corrected chi connectivity index (χ2v) is 5.56. The minimum absolute atomic E-state index is 0.266. The molecule has 3 heteroatoms. The van der Waals surface area contributed by atoms with E-state index in [0.717, 1.165) is 0 Å². The summed E-state index contributed by atoms with van der Waals surface area (Å²) < 4.78 is 5.27. The Morgan fingerprint density at radius 3 is 2.17 bits per heavy atom. The van der Waals surface area contributed by atoms with Gasteiger partial charge in [0.2, 0.25) is 11.4 Å². The van der Waals surface area contributed by atoms with Crippen molar-refractivity contribution in [3.63, 3.8) is 0 Å². The highest BCUT2D eigenvalue weighted by atomic mass is 16.5. The van der Waals surface area contributed by atoms with Crippen LogP contribution in [0.15, 0.2) is 41.7 Å². The van der Waals surface area contributed by atoms with E-state index in [1.165, 1.54) is 7.11 Å². The fourth-order valence-corrected chi connectivity index (χ4v) is 2.38. The van der Waals surface area contributed by atoms with Crippen LogP contribution in [0, 0.1) is 5.41 Å². The number of ether oxygens (including phenoxy) is 1. The number of hydrogen-bond donors (Lipinski definition) is 1. The number of ketones is 1. The van der Waals surface area contributed by atoms with Gasteiger partial charge in [-0.3, -0.25) is 4.79 Å². The summed E-state index contributed by atoms with van der Waals surface area (Å²) in [7, 11) is 1.49. The first-order valence-corrected chi connectivity index (χ1v) is 5.95. The maximum absolute atomic E-state index is 12.3. The summed E-state index contributed by atoms with van der Waals surface area (Å²) in [4.78, 5) is 12.3. The number of Topliss-reactive ketones (excluding diaryl/α,β-unsaturated/α-hetero) is 1. The molecule has 0 bridgehead atoms. The van der Waals surface area contributed by atoms with Crippen LogP contribution >= 0.6 is 0 Å². The Bertz CT molecular complexity index is 508. The van der Waals surface area contributed by atoms with Gasteiger partial charge in [0, 0.05) is 5.57 Å². The smallest absolute Gasteiger partial charge is 0.210 e. The van der Waals surface area contributed by atoms with Gasteiger partial charge in [0.1, 0.15) is 5.76 Å². The molecular formula is C15H18O3. The summed E-state index contributed by atoms with van der Waals surface area (Å²) in [5, 5.41) is 10.6. The first-order valence-electron chi connectivity index (χ1n) is 5.95. The lowest BCUT2D eigenvalue weighted by Crippen LogP contribution is -2.52. The highest BCUT2D eigenvalue weighted by molar-refractivity contribution is 6.12. The molecule has 0 amide bonds. The van der Waals surface area contributed by atoms with Crippen molar-refractivity contribution in [1.29, 1.82) is 0 Å². The molecule has 0 saturated carbocycles. The zero-order valence-corrected chi connectivity index (χ0v) is 11.2. The Morgan fingerprint density at radius 2 is 1.72 bits per heavy atom. The Morgan fingerprint density at radius 1 is 1.17 bits per heavy atom. The predicted molar refractivity (Wildman–Crippen MR) is 68.8 cm³/mol. The number of aliphatic hydroxyl groups is 1. The normalized spacial score (nSPS) is 23.9. The molecule has 1 N–H and O–H groups in total. The lowest BCUT2D eigenvalue weighted by molar-refractivity contribution is -0.142. The molecule has 1 aliphatic carbocycles. The zero-order valence-electron chi connectivity index (χ0n) is 11.2. The summed E-state index contributed by atoms with van der Waals surface area (Å²) in [6.45, 7) is 5.80. The monoisotopic (exact) mass is 246 g/mol. The molecule has 1 aliphatic rings. The van der Waals surface area contributed by atoms with Gasteiger partial charge in [-0.25, -0.2) is 0 Å². The van der Waals surface area contributed by atoms with Gasteiger partial charge in [0.15, 0.2) is 0 Å². The third-order valence-electron chi connectivity index (χ3n) is 3.26. The first-order chi connectivity index (χ1) is 8.33. The van der Waals surface area contributed by atoms with Crippen molar-refractivity contribution in [3.8, 4) is 0 Å². The van der Waals surface area contributed by atoms with Crippen molar-refractivity contribution in [2.45, 2.75) is 26.4 Å². The molecule has 0 spiro atoms. The van der Waals surface area contributed by atoms with Crippen molar-refractivity contribution in [1.82, 2.24) is 0 Å². The van der Waals surface area contributed by atoms with Gasteiger partial charge in [-0.15, -0.1) is 0 Å². The molecule has 0 fully saturated rings. The Kier molecular flexibility index (Phi) is 2.82. The zero-order chi connectivity index (χ0) is 13.6. The van der Waals surface area contributed by atoms with Crippen LogP contribution in [-0.4, -0.2) is 18.0 Å². The molecule has 0 radical (unpaired) electrons. The van der Waals surface area contributed by atoms with Crippen LogP contribution in [0.1, 0.15) is 26.3 Å². The van der Waals surface area contributed by atoms with Gasteiger partial charge < -0.3 is 9.84 Å². The average molecular weight is 246 g/mol. The van der Waals surface area contributed by atoms with E-state index >= 15 is 0 Å². The van der Waals surface area contributed by atoms with Gasteiger partial charge in [-0.1, -0.05) is 51.1 Å². The summed E-state index contributed by atoms with van der Waals surface area (Å²) in [6, 6.07) is 8.90. The van der Waals surface area contributed by atoms with E-state index in [0.29, 0.717) is 16.9 Å². The number of carbonyl (C=O) groups is 1. The maximum atomic E-state index is 12.3. The van der Waals surface area contributed by atoms with Crippen molar-refractivity contribution in [2.24, 2.45) is 5.41 Å². The highest BCUT2D eigenvalue weighted by Crippen LogP contribution is 2.49. The maximum Gasteiger partial charge on any atom is 0.210 e. The lowest BCUT2D eigenvalue weighted by Gasteiger charge is -2.43. The molecule has 2 rings (SSSR count). The van der Waals surface area contributed by atoms with Crippen molar-refractivity contribution < 1.29 is 14.6 Å². The summed E-state index contributed by atoms with van der Waals surface area (Å²) in [6.07, 6.45) is 0. The molecular weight excluding hydrogens is 228 g/mol. The third kappa shape index (κ3) is 1.58. The van der Waals surface area contributed by atoms with Crippen LogP contribution in [0.5, 0.6) is 0 Å². The van der Waals surface area contributed by atoms with Crippen LogP contribution in [0.4, 0.5) is 0 Å². The van der Waals surface area contributed by atoms with E-state index in [1.807, 2.05) is 26.8 Å². The first kappa shape index (κ1) is 12.8. The van der Waals surface area contributed by atoms with E-state index in [9.17, 15) is 9.90 Å². The number of rotatable bonds is 2. The predicted octanol–water partition coefficient (Wildman–Crippen LogP) is 2.40. The van der Waals surface area contributed by atoms with Gasteiger partial charge >= 0.3 is 0 Å². The molecule has 18 heavy (non-hydrogen) atoms. The second kappa shape index (κ2) is 3.95. The molecule has 1 aromatic carbocycles. The molecule has 96 valence electrons. The minimum Gasteiger partial charge on any atom is -0.497 e. The van der Waals surface area contributed by atoms with Crippen molar-refractivity contribution >= 4 is 5.78 Å². The van der Waals surface area contributed by atoms with E-state index in [2.05, 4.69) is 0 Å². The number of hydrogen-bond acceptors (Lipinski definition) is 3. The lowest BCUT2D eigenvalue weighted by atomic mass is 9.65. The van der Waals surface area contributed by atoms with Crippen LogP contribution in [-0.2, 0) is 15.1 Å². The average Bonchev–Trinajstić information content (AvgIpc) is 2.33. The van der Waals surface area contributed by atoms with E-state index < -0.39 is 5.60 Å². The van der Waals surface area contributed by atoms with Gasteiger partial charge in [-0.2, -0.15) is 0 Å². The number of methoxy groups -OCH3 is 1. The standard InChI is InChI=1S/C15H18O3/c1-14(2,3)11-12(16)15(17,13(11)18-4)10-8-6-5-7-9-10/h5-9,17H,1-4H3. The van der Waals surface area contributed by atoms with E-state index in [-0.39, 0.29) is 11.2 Å². The van der Waals surface area contributed by atoms with Crippen LogP contribution in [0.25, 0.3) is 0 Å². The van der Waals surface area contributed by atoms with Gasteiger partial charge in [-0.05, 0) is 11.0 Å². The van der Waals surface area contributed by atoms with E-state index in [4.69, 9.17) is 4.74 Å². The van der Waals surface area contributed by atoms with Gasteiger partial charge in [0.25, 0.3) is 0 Å². The minimum atomic E-state index is -1.61. The molecule has 1 aromatic rings. The fraction of sp³-hybridized carbons (Fsp3) is 0.400. The Balaban J connectivity index is 2.57. The molecule has 1 unspecified atom stereocenters. The largest absolute Gasteiger partial charge is 0.497 e. The second-order valence-electron chi connectivity index (χ2n) is 5.56. The van der Waals surface area contributed by atoms with Crippen molar-refractivity contribution in [3.05, 3.63) is 47.2 Å². The SMILES string of the molecule is COC1=C(C(C)(C)C)C(=O)C1(O)c1ccccc1. The molecule has 0 heterocycles. The molecule has 1 atom stereocenters. The number of benzene rings is 1. The quantitative estimate of drug-likeness (QED) is 0.871. The molecule has 0 saturated heterocycles. The fourth-order valence-electron chi connectivity index (χ4n) is 2.38. The molecule has 0 aliphatic heterocycles. The topological polar surface area (TPSA) is 46.5 Å². The van der Waals surface area contributed by atoms with Crippen molar-refractivity contribution in [2.75, 3.05) is 7.11 Å². The summed E-state index contributed by atoms with van der Waals surface area (Å²) in [5.74, 6) is 0.101. The molecule has 3 nitrogen and oxygen atoms in total. The van der Waals surface area contributed by atoms with E-state index in [1.54, 1.807) is 24.3 Å².